The number of nitrogens with zero attached hydrogens (tertiary/aromatic N) is 2. The molecule has 126 valence electrons. The van der Waals surface area contributed by atoms with Crippen molar-refractivity contribution in [2.75, 3.05) is 24.6 Å². The van der Waals surface area contributed by atoms with Crippen LogP contribution in [0.3, 0.4) is 0 Å². The number of thiophene rings is 1. The lowest BCUT2D eigenvalue weighted by atomic mass is 10.1. The summed E-state index contributed by atoms with van der Waals surface area (Å²) >= 11 is 1.40. The normalized spacial score (nSPS) is 17.9. The van der Waals surface area contributed by atoms with Crippen molar-refractivity contribution in [1.82, 2.24) is 4.90 Å². The Morgan fingerprint density at radius 2 is 2.00 bits per heavy atom. The Labute approximate surface area is 145 Å². The average molecular weight is 344 g/mol. The lowest BCUT2D eigenvalue weighted by molar-refractivity contribution is -0.124. The second kappa shape index (κ2) is 7.05. The van der Waals surface area contributed by atoms with Crippen LogP contribution in [0.4, 0.5) is 5.69 Å². The van der Waals surface area contributed by atoms with Crippen LogP contribution < -0.4 is 9.64 Å². The van der Waals surface area contributed by atoms with Crippen molar-refractivity contribution in [3.05, 3.63) is 46.7 Å². The molecule has 3 rings (SSSR count). The van der Waals surface area contributed by atoms with E-state index in [2.05, 4.69) is 0 Å². The number of amides is 2. The zero-order chi connectivity index (χ0) is 17.1. The van der Waals surface area contributed by atoms with E-state index in [0.29, 0.717) is 24.6 Å². The number of rotatable bonds is 4. The maximum Gasteiger partial charge on any atom is 0.264 e. The Morgan fingerprint density at radius 3 is 2.62 bits per heavy atom. The Morgan fingerprint density at radius 1 is 1.25 bits per heavy atom. The molecule has 24 heavy (non-hydrogen) atoms. The molecule has 0 bridgehead atoms. The summed E-state index contributed by atoms with van der Waals surface area (Å²) < 4.78 is 5.43. The van der Waals surface area contributed by atoms with Crippen LogP contribution in [0.25, 0.3) is 0 Å². The molecular weight excluding hydrogens is 324 g/mol. The third kappa shape index (κ3) is 3.14. The summed E-state index contributed by atoms with van der Waals surface area (Å²) in [5.41, 5.74) is 0.832. The van der Waals surface area contributed by atoms with E-state index in [-0.39, 0.29) is 11.8 Å². The standard InChI is InChI=1S/C18H20N2O3S/c1-3-23-15-8-6-14(7-9-15)20-11-10-19(13(2)17(20)21)18(22)16-5-4-12-24-16/h4-9,12-13H,3,10-11H2,1-2H3/t13-/m0/s1. The SMILES string of the molecule is CCOc1ccc(N2CCN(C(=O)c3cccs3)[C@@H](C)C2=O)cc1. The molecule has 2 aromatic rings. The maximum atomic E-state index is 12.7. The molecule has 1 fully saturated rings. The van der Waals surface area contributed by atoms with E-state index in [0.717, 1.165) is 11.4 Å². The molecule has 1 saturated heterocycles. The van der Waals surface area contributed by atoms with Gasteiger partial charge in [-0.05, 0) is 49.6 Å². The van der Waals surface area contributed by atoms with Gasteiger partial charge < -0.3 is 14.5 Å². The van der Waals surface area contributed by atoms with E-state index in [1.165, 1.54) is 11.3 Å². The van der Waals surface area contributed by atoms with Crippen molar-refractivity contribution in [3.8, 4) is 5.75 Å². The molecule has 2 amide bonds. The molecule has 0 aliphatic carbocycles. The smallest absolute Gasteiger partial charge is 0.264 e. The van der Waals surface area contributed by atoms with E-state index in [9.17, 15) is 9.59 Å². The monoisotopic (exact) mass is 344 g/mol. The first-order valence-corrected chi connectivity index (χ1v) is 8.88. The van der Waals surface area contributed by atoms with Crippen LogP contribution in [-0.2, 0) is 4.79 Å². The summed E-state index contributed by atoms with van der Waals surface area (Å²) in [6.07, 6.45) is 0. The fraction of sp³-hybridized carbons (Fsp3) is 0.333. The minimum absolute atomic E-state index is 0.0599. The molecule has 2 heterocycles. The van der Waals surface area contributed by atoms with Gasteiger partial charge in [0.2, 0.25) is 5.91 Å². The maximum absolute atomic E-state index is 12.7. The van der Waals surface area contributed by atoms with Gasteiger partial charge in [0.25, 0.3) is 5.91 Å². The Bertz CT molecular complexity index is 712. The molecule has 0 spiro atoms. The number of hydrogen-bond donors (Lipinski definition) is 0. The molecule has 0 N–H and O–H groups in total. The number of anilines is 1. The molecule has 1 atom stereocenters. The van der Waals surface area contributed by atoms with Gasteiger partial charge in [-0.1, -0.05) is 6.07 Å². The molecule has 0 radical (unpaired) electrons. The van der Waals surface area contributed by atoms with Crippen LogP contribution in [0, 0.1) is 0 Å². The van der Waals surface area contributed by atoms with Crippen molar-refractivity contribution in [3.63, 3.8) is 0 Å². The number of piperazine rings is 1. The first kappa shape index (κ1) is 16.5. The quantitative estimate of drug-likeness (QED) is 0.857. The molecule has 5 nitrogen and oxygen atoms in total. The van der Waals surface area contributed by atoms with E-state index < -0.39 is 6.04 Å². The highest BCUT2D eigenvalue weighted by molar-refractivity contribution is 7.12. The number of hydrogen-bond acceptors (Lipinski definition) is 4. The second-order valence-electron chi connectivity index (χ2n) is 5.57. The lowest BCUT2D eigenvalue weighted by Crippen LogP contribution is -2.57. The van der Waals surface area contributed by atoms with Crippen LogP contribution in [0.5, 0.6) is 5.75 Å². The van der Waals surface area contributed by atoms with Crippen LogP contribution >= 0.6 is 11.3 Å². The van der Waals surface area contributed by atoms with Crippen LogP contribution in [0.1, 0.15) is 23.5 Å². The highest BCUT2D eigenvalue weighted by Crippen LogP contribution is 2.24. The van der Waals surface area contributed by atoms with Gasteiger partial charge in [0, 0.05) is 18.8 Å². The van der Waals surface area contributed by atoms with Gasteiger partial charge in [0.1, 0.15) is 11.8 Å². The van der Waals surface area contributed by atoms with Gasteiger partial charge in [-0.3, -0.25) is 9.59 Å². The topological polar surface area (TPSA) is 49.9 Å². The molecule has 0 unspecified atom stereocenters. The van der Waals surface area contributed by atoms with Gasteiger partial charge in [-0.15, -0.1) is 11.3 Å². The molecule has 6 heteroatoms. The lowest BCUT2D eigenvalue weighted by Gasteiger charge is -2.39. The number of benzene rings is 1. The van der Waals surface area contributed by atoms with Gasteiger partial charge in [0.05, 0.1) is 11.5 Å². The van der Waals surface area contributed by atoms with E-state index in [1.807, 2.05) is 42.6 Å². The molecule has 1 aliphatic rings. The second-order valence-corrected chi connectivity index (χ2v) is 6.52. The van der Waals surface area contributed by atoms with Crippen LogP contribution in [0.15, 0.2) is 41.8 Å². The van der Waals surface area contributed by atoms with Gasteiger partial charge in [-0.2, -0.15) is 0 Å². The third-order valence-corrected chi connectivity index (χ3v) is 4.97. The van der Waals surface area contributed by atoms with Crippen molar-refractivity contribution in [2.45, 2.75) is 19.9 Å². The van der Waals surface area contributed by atoms with Crippen molar-refractivity contribution in [2.24, 2.45) is 0 Å². The summed E-state index contributed by atoms with van der Waals surface area (Å²) in [7, 11) is 0. The predicted molar refractivity (Wildman–Crippen MR) is 94.8 cm³/mol. The zero-order valence-electron chi connectivity index (χ0n) is 13.8. The summed E-state index contributed by atoms with van der Waals surface area (Å²) in [6.45, 7) is 5.35. The Balaban J connectivity index is 1.73. The van der Waals surface area contributed by atoms with Crippen molar-refractivity contribution in [1.29, 1.82) is 0 Å². The van der Waals surface area contributed by atoms with E-state index >= 15 is 0 Å². The van der Waals surface area contributed by atoms with E-state index in [4.69, 9.17) is 4.74 Å². The average Bonchev–Trinajstić information content (AvgIpc) is 3.12. The van der Waals surface area contributed by atoms with Gasteiger partial charge in [0.15, 0.2) is 0 Å². The number of carbonyl (C=O) groups is 2. The highest BCUT2D eigenvalue weighted by Gasteiger charge is 2.35. The number of ether oxygens (including phenoxy) is 1. The third-order valence-electron chi connectivity index (χ3n) is 4.11. The molecule has 0 saturated carbocycles. The Hall–Kier alpha value is -2.34. The summed E-state index contributed by atoms with van der Waals surface area (Å²) in [6, 6.07) is 10.7. The largest absolute Gasteiger partial charge is 0.494 e. The fourth-order valence-corrected chi connectivity index (χ4v) is 3.51. The molecule has 1 aromatic heterocycles. The summed E-state index contributed by atoms with van der Waals surface area (Å²) in [5.74, 6) is 0.653. The summed E-state index contributed by atoms with van der Waals surface area (Å²) in [4.78, 5) is 29.3. The Kier molecular flexibility index (Phi) is 4.85. The van der Waals surface area contributed by atoms with Crippen LogP contribution in [0.2, 0.25) is 0 Å². The minimum atomic E-state index is -0.472. The zero-order valence-corrected chi connectivity index (χ0v) is 14.6. The molecule has 1 aromatic carbocycles. The predicted octanol–water partition coefficient (Wildman–Crippen LogP) is 3.02. The molecule has 1 aliphatic heterocycles. The first-order valence-electron chi connectivity index (χ1n) is 8.00. The van der Waals surface area contributed by atoms with Gasteiger partial charge >= 0.3 is 0 Å². The fourth-order valence-electron chi connectivity index (χ4n) is 2.83. The van der Waals surface area contributed by atoms with Crippen LogP contribution in [-0.4, -0.2) is 42.5 Å². The molecular formula is C18H20N2O3S. The van der Waals surface area contributed by atoms with E-state index in [1.54, 1.807) is 22.8 Å². The first-order chi connectivity index (χ1) is 11.6. The summed E-state index contributed by atoms with van der Waals surface area (Å²) in [5, 5.41) is 1.87. The van der Waals surface area contributed by atoms with Crippen molar-refractivity contribution >= 4 is 28.8 Å². The highest BCUT2D eigenvalue weighted by atomic mass is 32.1. The van der Waals surface area contributed by atoms with Crippen molar-refractivity contribution < 1.29 is 14.3 Å². The number of carbonyl (C=O) groups excluding carboxylic acids is 2. The minimum Gasteiger partial charge on any atom is -0.494 e. The van der Waals surface area contributed by atoms with Gasteiger partial charge in [-0.25, -0.2) is 0 Å².